The summed E-state index contributed by atoms with van der Waals surface area (Å²) in [7, 11) is 1.49. The summed E-state index contributed by atoms with van der Waals surface area (Å²) in [6.45, 7) is 1.88. The zero-order chi connectivity index (χ0) is 20.6. The van der Waals surface area contributed by atoms with Crippen LogP contribution < -0.4 is 25.5 Å². The van der Waals surface area contributed by atoms with Crippen LogP contribution in [0.5, 0.6) is 11.5 Å². The van der Waals surface area contributed by atoms with E-state index in [0.717, 1.165) is 18.8 Å². The van der Waals surface area contributed by atoms with Crippen molar-refractivity contribution in [3.8, 4) is 11.5 Å². The van der Waals surface area contributed by atoms with E-state index < -0.39 is 5.91 Å². The van der Waals surface area contributed by atoms with Crippen molar-refractivity contribution in [2.75, 3.05) is 31.7 Å². The van der Waals surface area contributed by atoms with Crippen molar-refractivity contribution in [1.29, 1.82) is 0 Å². The van der Waals surface area contributed by atoms with Crippen LogP contribution in [0.25, 0.3) is 0 Å². The number of benzene rings is 2. The largest absolute Gasteiger partial charge is 0.493 e. The molecule has 1 aliphatic rings. The number of rotatable bonds is 8. The van der Waals surface area contributed by atoms with E-state index in [1.54, 1.807) is 30.3 Å². The Labute approximate surface area is 169 Å². The topological polar surface area (TPSA) is 106 Å². The van der Waals surface area contributed by atoms with Gasteiger partial charge in [0, 0.05) is 24.3 Å². The molecule has 3 N–H and O–H groups in total. The fraction of sp³-hybridized carbons (Fsp3) is 0.286. The number of methoxy groups -OCH3 is 1. The van der Waals surface area contributed by atoms with Gasteiger partial charge in [-0.15, -0.1) is 0 Å². The molecule has 8 nitrogen and oxygen atoms in total. The molecule has 1 aliphatic heterocycles. The van der Waals surface area contributed by atoms with Crippen molar-refractivity contribution >= 4 is 23.7 Å². The molecule has 29 heavy (non-hydrogen) atoms. The van der Waals surface area contributed by atoms with Crippen LogP contribution >= 0.6 is 0 Å². The minimum absolute atomic E-state index is 0.240. The Hall–Kier alpha value is -3.55. The first-order valence-corrected chi connectivity index (χ1v) is 9.34. The number of nitrogens with one attached hydrogen (secondary N) is 1. The molecule has 2 amide bonds. The molecule has 0 saturated carbocycles. The van der Waals surface area contributed by atoms with Crippen molar-refractivity contribution < 1.29 is 19.1 Å². The Morgan fingerprint density at radius 3 is 2.52 bits per heavy atom. The van der Waals surface area contributed by atoms with Gasteiger partial charge in [-0.05, 0) is 60.9 Å². The van der Waals surface area contributed by atoms with Crippen LogP contribution in [0.1, 0.15) is 28.8 Å². The van der Waals surface area contributed by atoms with E-state index in [9.17, 15) is 9.59 Å². The predicted molar refractivity (Wildman–Crippen MR) is 111 cm³/mol. The fourth-order valence-corrected chi connectivity index (χ4v) is 3.06. The standard InChI is InChI=1S/C21H24N4O4/c1-28-19-12-15(4-9-18(19)29-14-20(22)26)13-23-24-21(27)16-5-7-17(8-6-16)25-10-2-3-11-25/h4-9,12-13H,2-3,10-11,14H2,1H3,(H2,22,26)(H,24,27)/b23-13-. The van der Waals surface area contributed by atoms with Crippen LogP contribution in [0.3, 0.4) is 0 Å². The van der Waals surface area contributed by atoms with Crippen LogP contribution in [0.4, 0.5) is 5.69 Å². The van der Waals surface area contributed by atoms with Crippen molar-refractivity contribution in [3.05, 3.63) is 53.6 Å². The zero-order valence-corrected chi connectivity index (χ0v) is 16.3. The molecule has 0 atom stereocenters. The van der Waals surface area contributed by atoms with Gasteiger partial charge in [-0.1, -0.05) is 0 Å². The molecule has 152 valence electrons. The van der Waals surface area contributed by atoms with E-state index >= 15 is 0 Å². The number of hydrazone groups is 1. The number of hydrogen-bond donors (Lipinski definition) is 2. The number of nitrogens with two attached hydrogens (primary N) is 1. The molecule has 2 aromatic rings. The molecule has 1 heterocycles. The highest BCUT2D eigenvalue weighted by molar-refractivity contribution is 5.95. The second-order valence-electron chi connectivity index (χ2n) is 6.61. The Morgan fingerprint density at radius 1 is 1.14 bits per heavy atom. The third kappa shape index (κ3) is 5.47. The Balaban J connectivity index is 1.58. The number of amides is 2. The van der Waals surface area contributed by atoms with Crippen molar-refractivity contribution in [3.63, 3.8) is 0 Å². The first kappa shape index (κ1) is 20.2. The summed E-state index contributed by atoms with van der Waals surface area (Å²) in [5.41, 5.74) is 9.95. The second-order valence-corrected chi connectivity index (χ2v) is 6.61. The highest BCUT2D eigenvalue weighted by Gasteiger charge is 2.13. The average molecular weight is 396 g/mol. The van der Waals surface area contributed by atoms with E-state index in [-0.39, 0.29) is 12.5 Å². The lowest BCUT2D eigenvalue weighted by Gasteiger charge is -2.17. The predicted octanol–water partition coefficient (Wildman–Crippen LogP) is 1.92. The van der Waals surface area contributed by atoms with E-state index in [1.165, 1.54) is 26.2 Å². The van der Waals surface area contributed by atoms with Crippen LogP contribution in [-0.4, -0.2) is 44.8 Å². The molecule has 2 aromatic carbocycles. The Kier molecular flexibility index (Phi) is 6.67. The lowest BCUT2D eigenvalue weighted by molar-refractivity contribution is -0.119. The number of ether oxygens (including phenoxy) is 2. The van der Waals surface area contributed by atoms with Gasteiger partial charge in [0.2, 0.25) is 0 Å². The molecule has 0 spiro atoms. The SMILES string of the molecule is COc1cc(/C=N\NC(=O)c2ccc(N3CCCC3)cc2)ccc1OCC(N)=O. The van der Waals surface area contributed by atoms with Crippen molar-refractivity contribution in [1.82, 2.24) is 5.43 Å². The van der Waals surface area contributed by atoms with E-state index in [2.05, 4.69) is 15.4 Å². The van der Waals surface area contributed by atoms with Crippen molar-refractivity contribution in [2.24, 2.45) is 10.8 Å². The van der Waals surface area contributed by atoms with Gasteiger partial charge >= 0.3 is 0 Å². The van der Waals surface area contributed by atoms with E-state index in [4.69, 9.17) is 15.2 Å². The zero-order valence-electron chi connectivity index (χ0n) is 16.3. The maximum absolute atomic E-state index is 12.3. The van der Waals surface area contributed by atoms with Crippen LogP contribution in [0, 0.1) is 0 Å². The number of carbonyl (C=O) groups excluding carboxylic acids is 2. The molecular formula is C21H24N4O4. The number of anilines is 1. The summed E-state index contributed by atoms with van der Waals surface area (Å²) in [4.78, 5) is 25.4. The first-order valence-electron chi connectivity index (χ1n) is 9.34. The third-order valence-electron chi connectivity index (χ3n) is 4.54. The van der Waals surface area contributed by atoms with Gasteiger partial charge in [0.1, 0.15) is 0 Å². The van der Waals surface area contributed by atoms with Gasteiger partial charge in [0.15, 0.2) is 18.1 Å². The molecular weight excluding hydrogens is 372 g/mol. The highest BCUT2D eigenvalue weighted by Crippen LogP contribution is 2.27. The molecule has 0 bridgehead atoms. The number of hydrogen-bond acceptors (Lipinski definition) is 6. The summed E-state index contributed by atoms with van der Waals surface area (Å²) in [6.07, 6.45) is 3.91. The van der Waals surface area contributed by atoms with Gasteiger partial charge in [-0.3, -0.25) is 9.59 Å². The summed E-state index contributed by atoms with van der Waals surface area (Å²) < 4.78 is 10.5. The third-order valence-corrected chi connectivity index (χ3v) is 4.54. The molecule has 3 rings (SSSR count). The Bertz CT molecular complexity index is 890. The molecule has 0 radical (unpaired) electrons. The Morgan fingerprint density at radius 2 is 1.86 bits per heavy atom. The number of primary amides is 1. The smallest absolute Gasteiger partial charge is 0.271 e. The van der Waals surface area contributed by atoms with Crippen LogP contribution in [0.2, 0.25) is 0 Å². The van der Waals surface area contributed by atoms with Gasteiger partial charge in [-0.25, -0.2) is 5.43 Å². The summed E-state index contributed by atoms with van der Waals surface area (Å²) in [6, 6.07) is 12.6. The molecule has 0 unspecified atom stereocenters. The number of carbonyl (C=O) groups is 2. The van der Waals surface area contributed by atoms with Crippen LogP contribution in [0.15, 0.2) is 47.6 Å². The summed E-state index contributed by atoms with van der Waals surface area (Å²) >= 11 is 0. The van der Waals surface area contributed by atoms with Gasteiger partial charge in [0.25, 0.3) is 11.8 Å². The van der Waals surface area contributed by atoms with E-state index in [0.29, 0.717) is 22.6 Å². The normalized spacial score (nSPS) is 13.5. The minimum atomic E-state index is -0.575. The maximum Gasteiger partial charge on any atom is 0.271 e. The summed E-state index contributed by atoms with van der Waals surface area (Å²) in [5.74, 6) is -0.0407. The monoisotopic (exact) mass is 396 g/mol. The van der Waals surface area contributed by atoms with Gasteiger partial charge < -0.3 is 20.1 Å². The molecule has 8 heteroatoms. The average Bonchev–Trinajstić information content (AvgIpc) is 3.27. The lowest BCUT2D eigenvalue weighted by Crippen LogP contribution is -2.20. The highest BCUT2D eigenvalue weighted by atomic mass is 16.5. The first-order chi connectivity index (χ1) is 14.1. The molecule has 0 aromatic heterocycles. The fourth-order valence-electron chi connectivity index (χ4n) is 3.06. The van der Waals surface area contributed by atoms with Gasteiger partial charge in [-0.2, -0.15) is 5.10 Å². The second kappa shape index (κ2) is 9.59. The molecule has 0 aliphatic carbocycles. The minimum Gasteiger partial charge on any atom is -0.493 e. The number of nitrogens with zero attached hydrogens (tertiary/aromatic N) is 2. The van der Waals surface area contributed by atoms with Gasteiger partial charge in [0.05, 0.1) is 13.3 Å². The lowest BCUT2D eigenvalue weighted by atomic mass is 10.2. The quantitative estimate of drug-likeness (QED) is 0.524. The maximum atomic E-state index is 12.3. The van der Waals surface area contributed by atoms with Crippen LogP contribution in [-0.2, 0) is 4.79 Å². The van der Waals surface area contributed by atoms with E-state index in [1.807, 2.05) is 12.1 Å². The molecule has 1 saturated heterocycles. The summed E-state index contributed by atoms with van der Waals surface area (Å²) in [5, 5.41) is 3.99. The van der Waals surface area contributed by atoms with Crippen molar-refractivity contribution in [2.45, 2.75) is 12.8 Å². The molecule has 1 fully saturated rings.